The molecule has 0 aliphatic carbocycles. The van der Waals surface area contributed by atoms with E-state index in [1.807, 2.05) is 25.1 Å². The average molecular weight is 277 g/mol. The predicted molar refractivity (Wildman–Crippen MR) is 77.0 cm³/mol. The molecule has 4 heteroatoms. The second-order valence-corrected chi connectivity index (χ2v) is 6.13. The number of likely N-dealkylation sites (N-methyl/N-ethyl adjacent to an activating group) is 1. The van der Waals surface area contributed by atoms with Gasteiger partial charge in [0.15, 0.2) is 0 Å². The Hall–Kier alpha value is -1.10. The van der Waals surface area contributed by atoms with Crippen molar-refractivity contribution in [1.29, 1.82) is 0 Å². The number of hydrogen-bond donors (Lipinski definition) is 1. The molecular formula is C16H23NO3. The molecule has 0 spiro atoms. The van der Waals surface area contributed by atoms with Crippen LogP contribution in [0, 0.1) is 6.92 Å². The number of ether oxygens (including phenoxy) is 2. The van der Waals surface area contributed by atoms with Crippen LogP contribution in [0.25, 0.3) is 0 Å². The van der Waals surface area contributed by atoms with Crippen LogP contribution < -0.4 is 4.74 Å². The highest BCUT2D eigenvalue weighted by Gasteiger charge is 2.46. The van der Waals surface area contributed by atoms with Crippen molar-refractivity contribution in [2.75, 3.05) is 27.4 Å². The third-order valence-corrected chi connectivity index (χ3v) is 4.85. The number of hydrogen-bond acceptors (Lipinski definition) is 4. The van der Waals surface area contributed by atoms with Crippen molar-refractivity contribution >= 4 is 0 Å². The van der Waals surface area contributed by atoms with Crippen molar-refractivity contribution in [3.63, 3.8) is 0 Å². The fourth-order valence-corrected chi connectivity index (χ4v) is 3.65. The lowest BCUT2D eigenvalue weighted by Gasteiger charge is -2.50. The quantitative estimate of drug-likeness (QED) is 0.893. The molecular weight excluding hydrogens is 254 g/mol. The fourth-order valence-electron chi connectivity index (χ4n) is 3.65. The molecule has 1 aromatic rings. The maximum Gasteiger partial charge on any atom is 0.119 e. The van der Waals surface area contributed by atoms with Gasteiger partial charge in [-0.3, -0.25) is 4.90 Å². The molecule has 2 unspecified atom stereocenters. The number of methoxy groups -OCH3 is 1. The fraction of sp³-hybridized carbons (Fsp3) is 0.625. The maximum atomic E-state index is 11.2. The summed E-state index contributed by atoms with van der Waals surface area (Å²) in [5.74, 6) is 0.839. The van der Waals surface area contributed by atoms with Gasteiger partial charge in [0.2, 0.25) is 0 Å². The highest BCUT2D eigenvalue weighted by molar-refractivity contribution is 5.39. The first-order valence-electron chi connectivity index (χ1n) is 7.21. The Morgan fingerprint density at radius 2 is 1.95 bits per heavy atom. The number of morpholine rings is 1. The van der Waals surface area contributed by atoms with Crippen LogP contribution in [-0.4, -0.2) is 49.5 Å². The molecule has 0 saturated carbocycles. The molecule has 2 aliphatic heterocycles. The van der Waals surface area contributed by atoms with E-state index in [0.29, 0.717) is 25.3 Å². The van der Waals surface area contributed by atoms with Gasteiger partial charge in [-0.15, -0.1) is 0 Å². The third-order valence-electron chi connectivity index (χ3n) is 4.85. The summed E-state index contributed by atoms with van der Waals surface area (Å²) < 4.78 is 10.9. The molecule has 3 rings (SSSR count). The number of fused-ring (bicyclic) bond motifs is 2. The topological polar surface area (TPSA) is 41.9 Å². The summed E-state index contributed by atoms with van der Waals surface area (Å²) >= 11 is 0. The Morgan fingerprint density at radius 1 is 1.30 bits per heavy atom. The first kappa shape index (κ1) is 13.9. The number of piperidine rings is 1. The number of aliphatic hydroxyl groups is 1. The summed E-state index contributed by atoms with van der Waals surface area (Å²) in [6, 6.07) is 6.54. The van der Waals surface area contributed by atoms with E-state index in [1.54, 1.807) is 7.11 Å². The Morgan fingerprint density at radius 3 is 2.50 bits per heavy atom. The van der Waals surface area contributed by atoms with Crippen molar-refractivity contribution in [3.05, 3.63) is 29.3 Å². The van der Waals surface area contributed by atoms with Crippen molar-refractivity contribution in [3.8, 4) is 5.75 Å². The van der Waals surface area contributed by atoms with E-state index in [0.717, 1.165) is 29.7 Å². The van der Waals surface area contributed by atoms with Gasteiger partial charge in [-0.05, 0) is 50.1 Å². The van der Waals surface area contributed by atoms with Gasteiger partial charge in [-0.1, -0.05) is 6.07 Å². The highest BCUT2D eigenvalue weighted by Crippen LogP contribution is 2.41. The molecule has 0 amide bonds. The smallest absolute Gasteiger partial charge is 0.119 e. The van der Waals surface area contributed by atoms with Crippen molar-refractivity contribution in [1.82, 2.24) is 4.90 Å². The Labute approximate surface area is 120 Å². The van der Waals surface area contributed by atoms with Crippen LogP contribution in [0.5, 0.6) is 5.75 Å². The minimum Gasteiger partial charge on any atom is -0.497 e. The summed E-state index contributed by atoms with van der Waals surface area (Å²) in [5, 5.41) is 11.2. The van der Waals surface area contributed by atoms with E-state index >= 15 is 0 Å². The highest BCUT2D eigenvalue weighted by atomic mass is 16.5. The van der Waals surface area contributed by atoms with E-state index in [-0.39, 0.29) is 0 Å². The number of nitrogens with zero attached hydrogens (tertiary/aromatic N) is 1. The summed E-state index contributed by atoms with van der Waals surface area (Å²) in [4.78, 5) is 2.36. The molecule has 110 valence electrons. The van der Waals surface area contributed by atoms with E-state index in [4.69, 9.17) is 9.47 Å². The van der Waals surface area contributed by atoms with E-state index in [9.17, 15) is 5.11 Å². The standard InChI is InChI=1S/C16H23NO3/c1-11-6-14(19-3)4-5-15(11)16(18)7-12-9-20-10-13(8-16)17(12)2/h4-6,12-13,18H,7-10H2,1-3H3. The largest absolute Gasteiger partial charge is 0.497 e. The molecule has 1 aromatic carbocycles. The maximum absolute atomic E-state index is 11.2. The van der Waals surface area contributed by atoms with Gasteiger partial charge in [0.05, 0.1) is 25.9 Å². The minimum absolute atomic E-state index is 0.300. The van der Waals surface area contributed by atoms with Crippen molar-refractivity contribution in [2.45, 2.75) is 37.5 Å². The SMILES string of the molecule is COc1ccc(C2(O)CC3COCC(C2)N3C)c(C)c1. The van der Waals surface area contributed by atoms with E-state index in [2.05, 4.69) is 11.9 Å². The zero-order valence-corrected chi connectivity index (χ0v) is 12.4. The molecule has 2 atom stereocenters. The monoisotopic (exact) mass is 277 g/mol. The summed E-state index contributed by atoms with van der Waals surface area (Å²) in [6.45, 7) is 3.47. The second-order valence-electron chi connectivity index (χ2n) is 6.13. The van der Waals surface area contributed by atoms with E-state index in [1.165, 1.54) is 0 Å². The molecule has 2 saturated heterocycles. The van der Waals surface area contributed by atoms with Crippen LogP contribution in [0.3, 0.4) is 0 Å². The molecule has 0 aromatic heterocycles. The molecule has 2 heterocycles. The first-order chi connectivity index (χ1) is 9.53. The lowest BCUT2D eigenvalue weighted by atomic mass is 9.76. The first-order valence-corrected chi connectivity index (χ1v) is 7.21. The summed E-state index contributed by atoms with van der Waals surface area (Å²) in [5.41, 5.74) is 1.38. The van der Waals surface area contributed by atoms with Crippen LogP contribution in [-0.2, 0) is 10.3 Å². The van der Waals surface area contributed by atoms with Gasteiger partial charge >= 0.3 is 0 Å². The normalized spacial score (nSPS) is 34.0. The lowest BCUT2D eigenvalue weighted by molar-refractivity contribution is -0.138. The van der Waals surface area contributed by atoms with Gasteiger partial charge in [0.1, 0.15) is 5.75 Å². The van der Waals surface area contributed by atoms with Crippen LogP contribution in [0.4, 0.5) is 0 Å². The predicted octanol–water partition coefficient (Wildman–Crippen LogP) is 1.68. The average Bonchev–Trinajstić information content (AvgIpc) is 2.40. The zero-order valence-electron chi connectivity index (χ0n) is 12.4. The third kappa shape index (κ3) is 2.22. The molecule has 2 fully saturated rings. The number of rotatable bonds is 2. The van der Waals surface area contributed by atoms with Crippen LogP contribution >= 0.6 is 0 Å². The van der Waals surface area contributed by atoms with Crippen LogP contribution in [0.1, 0.15) is 24.0 Å². The summed E-state index contributed by atoms with van der Waals surface area (Å²) in [7, 11) is 3.80. The Kier molecular flexibility index (Phi) is 3.48. The molecule has 1 N–H and O–H groups in total. The molecule has 2 aliphatic rings. The van der Waals surface area contributed by atoms with Crippen molar-refractivity contribution in [2.24, 2.45) is 0 Å². The molecule has 0 radical (unpaired) electrons. The number of benzene rings is 1. The van der Waals surface area contributed by atoms with Gasteiger partial charge in [-0.2, -0.15) is 0 Å². The minimum atomic E-state index is -0.748. The molecule has 20 heavy (non-hydrogen) atoms. The molecule has 2 bridgehead atoms. The Bertz CT molecular complexity index is 488. The van der Waals surface area contributed by atoms with Crippen molar-refractivity contribution < 1.29 is 14.6 Å². The Balaban J connectivity index is 1.93. The zero-order chi connectivity index (χ0) is 14.3. The van der Waals surface area contributed by atoms with Gasteiger partial charge < -0.3 is 14.6 Å². The van der Waals surface area contributed by atoms with Gasteiger partial charge in [0, 0.05) is 12.1 Å². The number of aryl methyl sites for hydroxylation is 1. The van der Waals surface area contributed by atoms with Gasteiger partial charge in [0.25, 0.3) is 0 Å². The van der Waals surface area contributed by atoms with E-state index < -0.39 is 5.60 Å². The second kappa shape index (κ2) is 5.02. The van der Waals surface area contributed by atoms with Crippen LogP contribution in [0.15, 0.2) is 18.2 Å². The van der Waals surface area contributed by atoms with Gasteiger partial charge in [-0.25, -0.2) is 0 Å². The summed E-state index contributed by atoms with van der Waals surface area (Å²) in [6.07, 6.45) is 1.46. The lowest BCUT2D eigenvalue weighted by Crippen LogP contribution is -2.59. The van der Waals surface area contributed by atoms with Crippen LogP contribution in [0.2, 0.25) is 0 Å². The molecule has 4 nitrogen and oxygen atoms in total.